The zero-order valence-electron chi connectivity index (χ0n) is 12.9. The van der Waals surface area contributed by atoms with E-state index in [0.29, 0.717) is 11.1 Å². The molecular formula is C20H12O4S. The van der Waals surface area contributed by atoms with Gasteiger partial charge in [0, 0.05) is 21.0 Å². The molecule has 122 valence electrons. The van der Waals surface area contributed by atoms with Crippen LogP contribution in [0.5, 0.6) is 0 Å². The number of Topliss-reactive ketones (excluding diaryl/α,β-unsaturated/α-hetero) is 2. The second-order valence-corrected chi connectivity index (χ2v) is 6.53. The van der Waals surface area contributed by atoms with Crippen LogP contribution in [0.2, 0.25) is 0 Å². The van der Waals surface area contributed by atoms with Crippen LogP contribution >= 0.6 is 11.3 Å². The first kappa shape index (κ1) is 15.4. The summed E-state index contributed by atoms with van der Waals surface area (Å²) in [6.07, 6.45) is 0. The summed E-state index contributed by atoms with van der Waals surface area (Å²) in [5, 5.41) is 23.3. The minimum absolute atomic E-state index is 0.153. The van der Waals surface area contributed by atoms with E-state index in [4.69, 9.17) is 0 Å². The highest BCUT2D eigenvalue weighted by molar-refractivity contribution is 7.17. The van der Waals surface area contributed by atoms with Gasteiger partial charge in [-0.15, -0.1) is 11.3 Å². The predicted molar refractivity (Wildman–Crippen MR) is 97.4 cm³/mol. The fourth-order valence-electron chi connectivity index (χ4n) is 2.97. The third-order valence-electron chi connectivity index (χ3n) is 4.17. The van der Waals surface area contributed by atoms with Crippen LogP contribution in [0.4, 0.5) is 0 Å². The van der Waals surface area contributed by atoms with Gasteiger partial charge in [0.15, 0.2) is 11.5 Å². The number of hydrogen-bond acceptors (Lipinski definition) is 5. The Morgan fingerprint density at radius 3 is 2.08 bits per heavy atom. The van der Waals surface area contributed by atoms with Crippen molar-refractivity contribution in [1.29, 1.82) is 0 Å². The summed E-state index contributed by atoms with van der Waals surface area (Å²) in [5.74, 6) is -2.78. The van der Waals surface area contributed by atoms with Crippen molar-refractivity contribution >= 4 is 44.1 Å². The largest absolute Gasteiger partial charge is 0.504 e. The molecule has 1 aliphatic rings. The fraction of sp³-hybridized carbons (Fsp3) is 0. The molecule has 0 bridgehead atoms. The molecule has 3 aromatic rings. The maximum Gasteiger partial charge on any atom is 0.232 e. The van der Waals surface area contributed by atoms with Gasteiger partial charge in [-0.05, 0) is 11.6 Å². The van der Waals surface area contributed by atoms with Crippen LogP contribution in [0.3, 0.4) is 0 Å². The number of carbonyl (C=O) groups is 2. The van der Waals surface area contributed by atoms with Gasteiger partial charge in [-0.3, -0.25) is 9.59 Å². The quantitative estimate of drug-likeness (QED) is 0.678. The Balaban J connectivity index is 1.91. The Bertz CT molecular complexity index is 1090. The first-order chi connectivity index (χ1) is 12.1. The van der Waals surface area contributed by atoms with Crippen molar-refractivity contribution in [2.24, 2.45) is 0 Å². The fourth-order valence-corrected chi connectivity index (χ4v) is 3.92. The van der Waals surface area contributed by atoms with Crippen molar-refractivity contribution in [3.05, 3.63) is 82.6 Å². The van der Waals surface area contributed by atoms with Gasteiger partial charge in [-0.1, -0.05) is 48.5 Å². The van der Waals surface area contributed by atoms with E-state index in [2.05, 4.69) is 0 Å². The Morgan fingerprint density at radius 1 is 0.720 bits per heavy atom. The van der Waals surface area contributed by atoms with Gasteiger partial charge >= 0.3 is 0 Å². The summed E-state index contributed by atoms with van der Waals surface area (Å²) < 4.78 is 0.926. The maximum absolute atomic E-state index is 12.7. The molecule has 2 aromatic carbocycles. The number of aliphatic hydroxyl groups excluding tert-OH is 2. The molecule has 0 saturated carbocycles. The average Bonchev–Trinajstić information content (AvgIpc) is 3.05. The van der Waals surface area contributed by atoms with Gasteiger partial charge in [0.1, 0.15) is 0 Å². The highest BCUT2D eigenvalue weighted by atomic mass is 32.1. The van der Waals surface area contributed by atoms with Crippen molar-refractivity contribution in [3.63, 3.8) is 0 Å². The van der Waals surface area contributed by atoms with E-state index in [1.54, 1.807) is 35.7 Å². The number of benzene rings is 2. The Morgan fingerprint density at radius 2 is 1.32 bits per heavy atom. The van der Waals surface area contributed by atoms with E-state index in [0.717, 1.165) is 10.1 Å². The Hall–Kier alpha value is -3.18. The van der Waals surface area contributed by atoms with Crippen LogP contribution in [0.25, 0.3) is 21.2 Å². The highest BCUT2D eigenvalue weighted by Gasteiger charge is 2.37. The maximum atomic E-state index is 12.7. The van der Waals surface area contributed by atoms with Crippen LogP contribution in [0, 0.1) is 0 Å². The molecule has 0 unspecified atom stereocenters. The second kappa shape index (κ2) is 5.72. The van der Waals surface area contributed by atoms with E-state index < -0.39 is 23.1 Å². The van der Waals surface area contributed by atoms with Crippen molar-refractivity contribution in [3.8, 4) is 0 Å². The number of ketones is 2. The normalized spacial score (nSPS) is 15.4. The predicted octanol–water partition coefficient (Wildman–Crippen LogP) is 4.29. The summed E-state index contributed by atoms with van der Waals surface area (Å²) in [7, 11) is 0. The molecule has 0 radical (unpaired) electrons. The van der Waals surface area contributed by atoms with Gasteiger partial charge in [-0.2, -0.15) is 0 Å². The number of allylic oxidation sites excluding steroid dienone is 2. The highest BCUT2D eigenvalue weighted by Crippen LogP contribution is 2.38. The van der Waals surface area contributed by atoms with E-state index in [9.17, 15) is 19.8 Å². The van der Waals surface area contributed by atoms with Gasteiger partial charge in [-0.25, -0.2) is 0 Å². The van der Waals surface area contributed by atoms with Gasteiger partial charge in [0.05, 0.1) is 11.1 Å². The summed E-state index contributed by atoms with van der Waals surface area (Å²) in [6, 6.07) is 15.7. The average molecular weight is 348 g/mol. The Labute approximate surface area is 147 Å². The zero-order chi connectivity index (χ0) is 17.6. The van der Waals surface area contributed by atoms with E-state index in [1.807, 2.05) is 24.3 Å². The molecule has 0 atom stereocenters. The minimum atomic E-state index is -0.756. The second-order valence-electron chi connectivity index (χ2n) is 5.62. The molecule has 0 amide bonds. The Kier molecular flexibility index (Phi) is 3.51. The summed E-state index contributed by atoms with van der Waals surface area (Å²) in [6.45, 7) is 0. The molecule has 5 heteroatoms. The monoisotopic (exact) mass is 348 g/mol. The van der Waals surface area contributed by atoms with E-state index in [-0.39, 0.29) is 11.1 Å². The lowest BCUT2D eigenvalue weighted by atomic mass is 9.86. The molecule has 0 saturated heterocycles. The van der Waals surface area contributed by atoms with Crippen LogP contribution in [-0.2, 0) is 9.59 Å². The van der Waals surface area contributed by atoms with Gasteiger partial charge in [0.25, 0.3) is 0 Å². The van der Waals surface area contributed by atoms with Crippen LogP contribution in [0.1, 0.15) is 11.1 Å². The summed E-state index contributed by atoms with van der Waals surface area (Å²) >= 11 is 1.40. The molecule has 1 aliphatic carbocycles. The summed E-state index contributed by atoms with van der Waals surface area (Å²) in [5.41, 5.74) is 0.514. The van der Waals surface area contributed by atoms with Crippen molar-refractivity contribution in [1.82, 2.24) is 0 Å². The summed E-state index contributed by atoms with van der Waals surface area (Å²) in [4.78, 5) is 25.4. The molecule has 0 aliphatic heterocycles. The molecule has 25 heavy (non-hydrogen) atoms. The molecule has 4 nitrogen and oxygen atoms in total. The minimum Gasteiger partial charge on any atom is -0.504 e. The van der Waals surface area contributed by atoms with E-state index >= 15 is 0 Å². The van der Waals surface area contributed by atoms with Crippen molar-refractivity contribution in [2.45, 2.75) is 0 Å². The lowest BCUT2D eigenvalue weighted by Crippen LogP contribution is -2.22. The van der Waals surface area contributed by atoms with Gasteiger partial charge in [0.2, 0.25) is 11.6 Å². The standard InChI is InChI=1S/C20H12O4S/c21-17-15(11-6-2-1-3-7-11)18(22)20(24)16(19(17)23)13-10-25-14-9-5-4-8-12(13)14/h1-10,21,24H. The first-order valence-corrected chi connectivity index (χ1v) is 8.45. The van der Waals surface area contributed by atoms with Gasteiger partial charge < -0.3 is 10.2 Å². The third kappa shape index (κ3) is 2.28. The lowest BCUT2D eigenvalue weighted by molar-refractivity contribution is -0.116. The lowest BCUT2D eigenvalue weighted by Gasteiger charge is -2.18. The molecule has 4 rings (SSSR count). The van der Waals surface area contributed by atoms with Crippen molar-refractivity contribution < 1.29 is 19.8 Å². The molecule has 1 aromatic heterocycles. The molecule has 0 fully saturated rings. The molecule has 2 N–H and O–H groups in total. The number of aliphatic hydroxyl groups is 2. The van der Waals surface area contributed by atoms with Crippen LogP contribution in [-0.4, -0.2) is 21.8 Å². The molecule has 0 spiro atoms. The zero-order valence-corrected chi connectivity index (χ0v) is 13.7. The number of thiophene rings is 1. The third-order valence-corrected chi connectivity index (χ3v) is 5.13. The first-order valence-electron chi connectivity index (χ1n) is 7.57. The van der Waals surface area contributed by atoms with Crippen LogP contribution in [0.15, 0.2) is 71.5 Å². The van der Waals surface area contributed by atoms with E-state index in [1.165, 1.54) is 11.3 Å². The SMILES string of the molecule is O=C1C(O)=C(c2csc3ccccc23)C(=O)C(O)=C1c1ccccc1. The number of carbonyl (C=O) groups excluding carboxylic acids is 2. The number of fused-ring (bicyclic) bond motifs is 1. The molecule has 1 heterocycles. The smallest absolute Gasteiger partial charge is 0.232 e. The number of hydrogen-bond donors (Lipinski definition) is 2. The molecular weight excluding hydrogens is 336 g/mol. The van der Waals surface area contributed by atoms with Crippen molar-refractivity contribution in [2.75, 3.05) is 0 Å². The number of rotatable bonds is 2. The topological polar surface area (TPSA) is 74.6 Å². The van der Waals surface area contributed by atoms with Crippen LogP contribution < -0.4 is 0 Å².